The molecule has 0 aromatic carbocycles. The summed E-state index contributed by atoms with van der Waals surface area (Å²) in [7, 11) is 0. The van der Waals surface area contributed by atoms with Crippen LogP contribution in [-0.2, 0) is 0 Å². The number of rotatable bonds is 20. The largest absolute Gasteiger partial charge is 0.0885 e. The van der Waals surface area contributed by atoms with Crippen molar-refractivity contribution in [2.24, 2.45) is 0 Å². The van der Waals surface area contributed by atoms with Gasteiger partial charge >= 0.3 is 0 Å². The lowest BCUT2D eigenvalue weighted by atomic mass is 10.0. The highest BCUT2D eigenvalue weighted by Crippen LogP contribution is 2.13. The molecule has 0 aliphatic heterocycles. The molecule has 0 unspecified atom stereocenters. The minimum Gasteiger partial charge on any atom is -0.0885 e. The Labute approximate surface area is 154 Å². The first-order valence-corrected chi connectivity index (χ1v) is 11.6. The fourth-order valence-corrected chi connectivity index (χ4v) is 3.38. The Morgan fingerprint density at radius 2 is 0.583 bits per heavy atom. The van der Waals surface area contributed by atoms with Crippen LogP contribution in [0.4, 0.5) is 0 Å². The van der Waals surface area contributed by atoms with Gasteiger partial charge in [0.25, 0.3) is 0 Å². The molecule has 0 aromatic rings. The Morgan fingerprint density at radius 3 is 0.875 bits per heavy atom. The highest BCUT2D eigenvalue weighted by atomic mass is 14.0. The van der Waals surface area contributed by atoms with E-state index in [0.29, 0.717) is 0 Å². The molecule has 0 bridgehead atoms. The average molecular weight is 337 g/mol. The molecule has 24 heavy (non-hydrogen) atoms. The molecule has 144 valence electrons. The van der Waals surface area contributed by atoms with Crippen LogP contribution in [0.2, 0.25) is 0 Å². The third kappa shape index (κ3) is 21.7. The maximum atomic E-state index is 2.43. The van der Waals surface area contributed by atoms with E-state index in [1.165, 1.54) is 128 Å². The first kappa shape index (κ1) is 23.7. The summed E-state index contributed by atoms with van der Waals surface area (Å²) in [6, 6.07) is 0. The summed E-state index contributed by atoms with van der Waals surface area (Å²) in [5.41, 5.74) is 0. The minimum atomic E-state index is 1.31. The predicted molar refractivity (Wildman–Crippen MR) is 113 cm³/mol. The van der Waals surface area contributed by atoms with E-state index in [1.807, 2.05) is 0 Å². The zero-order valence-electron chi connectivity index (χ0n) is 17.3. The Hall–Kier alpha value is -0.260. The molecule has 0 heterocycles. The molecule has 0 fully saturated rings. The van der Waals surface area contributed by atoms with E-state index in [-0.39, 0.29) is 0 Å². The fraction of sp³-hybridized carbons (Fsp3) is 0.917. The van der Waals surface area contributed by atoms with Crippen LogP contribution in [0.25, 0.3) is 0 Å². The smallest absolute Gasteiger partial charge is 0.0351 e. The van der Waals surface area contributed by atoms with Crippen LogP contribution in [0.5, 0.6) is 0 Å². The van der Waals surface area contributed by atoms with Crippen LogP contribution in [-0.4, -0.2) is 0 Å². The van der Waals surface area contributed by atoms with E-state index in [1.54, 1.807) is 0 Å². The maximum Gasteiger partial charge on any atom is -0.0351 e. The molecule has 0 aliphatic rings. The summed E-state index contributed by atoms with van der Waals surface area (Å²) >= 11 is 0. The quantitative estimate of drug-likeness (QED) is 0.153. The monoisotopic (exact) mass is 336 g/mol. The van der Waals surface area contributed by atoms with Crippen molar-refractivity contribution in [3.63, 3.8) is 0 Å². The van der Waals surface area contributed by atoms with Gasteiger partial charge in [-0.2, -0.15) is 0 Å². The van der Waals surface area contributed by atoms with Crippen molar-refractivity contribution in [2.75, 3.05) is 0 Å². The van der Waals surface area contributed by atoms with E-state index in [0.717, 1.165) is 0 Å². The van der Waals surface area contributed by atoms with Gasteiger partial charge in [-0.15, -0.1) is 0 Å². The molecule has 0 saturated heterocycles. The van der Waals surface area contributed by atoms with Crippen molar-refractivity contribution in [1.29, 1.82) is 0 Å². The Bertz CT molecular complexity index is 228. The molecule has 0 heteroatoms. The van der Waals surface area contributed by atoms with Crippen LogP contribution >= 0.6 is 0 Å². The summed E-state index contributed by atoms with van der Waals surface area (Å²) in [6.07, 6.45) is 33.4. The molecule has 0 N–H and O–H groups in total. The van der Waals surface area contributed by atoms with Crippen molar-refractivity contribution in [3.05, 3.63) is 12.2 Å². The van der Waals surface area contributed by atoms with Crippen LogP contribution in [0, 0.1) is 0 Å². The second-order valence-electron chi connectivity index (χ2n) is 7.71. The first-order chi connectivity index (χ1) is 11.9. The molecule has 0 aliphatic carbocycles. The molecular formula is C24H48. The summed E-state index contributed by atoms with van der Waals surface area (Å²) in [5, 5.41) is 0. The SMILES string of the molecule is CCCCCCCCC=CCCCCCCCCCCCCCC. The van der Waals surface area contributed by atoms with Crippen LogP contribution in [0.1, 0.15) is 142 Å². The van der Waals surface area contributed by atoms with E-state index >= 15 is 0 Å². The first-order valence-electron chi connectivity index (χ1n) is 11.6. The number of unbranched alkanes of at least 4 members (excludes halogenated alkanes) is 18. The van der Waals surface area contributed by atoms with Gasteiger partial charge in [0.15, 0.2) is 0 Å². The van der Waals surface area contributed by atoms with Gasteiger partial charge in [-0.25, -0.2) is 0 Å². The Balaban J connectivity index is 3.03. The molecule has 0 amide bonds. The van der Waals surface area contributed by atoms with Crippen LogP contribution < -0.4 is 0 Å². The normalized spacial score (nSPS) is 11.6. The predicted octanol–water partition coefficient (Wildman–Crippen LogP) is 9.38. The number of hydrogen-bond donors (Lipinski definition) is 0. The lowest BCUT2D eigenvalue weighted by Gasteiger charge is -2.02. The van der Waals surface area contributed by atoms with Gasteiger partial charge in [-0.1, -0.05) is 129 Å². The van der Waals surface area contributed by atoms with E-state index < -0.39 is 0 Å². The highest BCUT2D eigenvalue weighted by molar-refractivity contribution is 4.81. The van der Waals surface area contributed by atoms with Gasteiger partial charge in [-0.3, -0.25) is 0 Å². The van der Waals surface area contributed by atoms with Gasteiger partial charge in [-0.05, 0) is 25.7 Å². The highest BCUT2D eigenvalue weighted by Gasteiger charge is 1.93. The van der Waals surface area contributed by atoms with E-state index in [4.69, 9.17) is 0 Å². The van der Waals surface area contributed by atoms with Crippen molar-refractivity contribution in [3.8, 4) is 0 Å². The van der Waals surface area contributed by atoms with Crippen molar-refractivity contribution < 1.29 is 0 Å². The number of allylic oxidation sites excluding steroid dienone is 2. The molecule has 0 rings (SSSR count). The second kappa shape index (κ2) is 22.7. The minimum absolute atomic E-state index is 1.31. The molecule has 0 aromatic heterocycles. The zero-order chi connectivity index (χ0) is 17.6. The third-order valence-corrected chi connectivity index (χ3v) is 5.12. The van der Waals surface area contributed by atoms with Crippen molar-refractivity contribution in [1.82, 2.24) is 0 Å². The third-order valence-electron chi connectivity index (χ3n) is 5.12. The van der Waals surface area contributed by atoms with E-state index in [9.17, 15) is 0 Å². The summed E-state index contributed by atoms with van der Waals surface area (Å²) in [4.78, 5) is 0. The Morgan fingerprint density at radius 1 is 0.333 bits per heavy atom. The molecule has 0 radical (unpaired) electrons. The molecule has 0 atom stereocenters. The van der Waals surface area contributed by atoms with Crippen molar-refractivity contribution in [2.45, 2.75) is 142 Å². The van der Waals surface area contributed by atoms with Crippen LogP contribution in [0.15, 0.2) is 12.2 Å². The fourth-order valence-electron chi connectivity index (χ4n) is 3.38. The van der Waals surface area contributed by atoms with Gasteiger partial charge in [0.05, 0.1) is 0 Å². The molecule has 0 saturated carbocycles. The summed E-state index contributed by atoms with van der Waals surface area (Å²) < 4.78 is 0. The van der Waals surface area contributed by atoms with E-state index in [2.05, 4.69) is 26.0 Å². The molecule has 0 spiro atoms. The number of hydrogen-bond acceptors (Lipinski definition) is 0. The average Bonchev–Trinajstić information content (AvgIpc) is 2.60. The molecular weight excluding hydrogens is 288 g/mol. The second-order valence-corrected chi connectivity index (χ2v) is 7.71. The Kier molecular flexibility index (Phi) is 22.5. The zero-order valence-corrected chi connectivity index (χ0v) is 17.3. The van der Waals surface area contributed by atoms with Gasteiger partial charge in [0.1, 0.15) is 0 Å². The molecule has 0 nitrogen and oxygen atoms in total. The van der Waals surface area contributed by atoms with Gasteiger partial charge in [0, 0.05) is 0 Å². The van der Waals surface area contributed by atoms with Crippen LogP contribution in [0.3, 0.4) is 0 Å². The maximum absolute atomic E-state index is 2.43. The van der Waals surface area contributed by atoms with Gasteiger partial charge < -0.3 is 0 Å². The summed E-state index contributed by atoms with van der Waals surface area (Å²) in [5.74, 6) is 0. The van der Waals surface area contributed by atoms with Gasteiger partial charge in [0.2, 0.25) is 0 Å². The van der Waals surface area contributed by atoms with Crippen molar-refractivity contribution >= 4 is 0 Å². The standard InChI is InChI=1S/C24H48/c1-3-5-7-9-11-13-15-17-19-21-23-24-22-20-18-16-14-12-10-8-6-4-2/h17,19H,3-16,18,20-24H2,1-2H3. The lowest BCUT2D eigenvalue weighted by Crippen LogP contribution is -1.82. The lowest BCUT2D eigenvalue weighted by molar-refractivity contribution is 0.545. The summed E-state index contributed by atoms with van der Waals surface area (Å²) in [6.45, 7) is 4.59. The topological polar surface area (TPSA) is 0 Å².